The van der Waals surface area contributed by atoms with Gasteiger partial charge in [-0.2, -0.15) is 4.31 Å². The normalized spacial score (nSPS) is 20.3. The van der Waals surface area contributed by atoms with Crippen molar-refractivity contribution in [3.8, 4) is 0 Å². The SMILES string of the molecule is CNCC1CCCN1S(=O)(=O)c1ccc(CN(C)C)cc1. The van der Waals surface area contributed by atoms with E-state index in [2.05, 4.69) is 10.2 Å². The van der Waals surface area contributed by atoms with E-state index in [0.717, 1.165) is 24.9 Å². The Hall–Kier alpha value is -0.950. The van der Waals surface area contributed by atoms with Crippen molar-refractivity contribution in [1.29, 1.82) is 0 Å². The smallest absolute Gasteiger partial charge is 0.243 e. The molecule has 6 heteroatoms. The summed E-state index contributed by atoms with van der Waals surface area (Å²) in [6.07, 6.45) is 1.86. The second kappa shape index (κ2) is 6.87. The first kappa shape index (κ1) is 16.4. The van der Waals surface area contributed by atoms with E-state index in [1.165, 1.54) is 0 Å². The minimum absolute atomic E-state index is 0.0708. The molecule has 0 aromatic heterocycles. The molecule has 1 fully saturated rings. The summed E-state index contributed by atoms with van der Waals surface area (Å²) in [4.78, 5) is 2.46. The van der Waals surface area contributed by atoms with Crippen molar-refractivity contribution in [2.75, 3.05) is 34.2 Å². The molecule has 1 atom stereocenters. The zero-order valence-corrected chi connectivity index (χ0v) is 13.9. The molecular formula is C15H25N3O2S. The number of rotatable bonds is 6. The standard InChI is InChI=1S/C15H25N3O2S/c1-16-11-14-5-4-10-18(14)21(19,20)15-8-6-13(7-9-15)12-17(2)3/h6-9,14,16H,4-5,10-12H2,1-3H3. The van der Waals surface area contributed by atoms with Crippen LogP contribution in [0.3, 0.4) is 0 Å². The van der Waals surface area contributed by atoms with Gasteiger partial charge in [0, 0.05) is 25.7 Å². The molecule has 1 aliphatic rings. The van der Waals surface area contributed by atoms with E-state index in [1.54, 1.807) is 16.4 Å². The Bertz CT molecular complexity index is 555. The van der Waals surface area contributed by atoms with Gasteiger partial charge < -0.3 is 10.2 Å². The fourth-order valence-corrected chi connectivity index (χ4v) is 4.53. The van der Waals surface area contributed by atoms with E-state index in [9.17, 15) is 8.42 Å². The van der Waals surface area contributed by atoms with Gasteiger partial charge in [-0.3, -0.25) is 0 Å². The highest BCUT2D eigenvalue weighted by atomic mass is 32.2. The maximum absolute atomic E-state index is 12.7. The van der Waals surface area contributed by atoms with E-state index in [4.69, 9.17) is 0 Å². The number of likely N-dealkylation sites (N-methyl/N-ethyl adjacent to an activating group) is 1. The van der Waals surface area contributed by atoms with Gasteiger partial charge in [-0.1, -0.05) is 12.1 Å². The van der Waals surface area contributed by atoms with E-state index in [-0.39, 0.29) is 6.04 Å². The average molecular weight is 311 g/mol. The van der Waals surface area contributed by atoms with Crippen molar-refractivity contribution >= 4 is 10.0 Å². The summed E-state index contributed by atoms with van der Waals surface area (Å²) in [5.41, 5.74) is 1.12. The molecule has 1 unspecified atom stereocenters. The predicted molar refractivity (Wildman–Crippen MR) is 84.7 cm³/mol. The fourth-order valence-electron chi connectivity index (χ4n) is 2.83. The van der Waals surface area contributed by atoms with Crippen molar-refractivity contribution in [3.63, 3.8) is 0 Å². The summed E-state index contributed by atoms with van der Waals surface area (Å²) < 4.78 is 27.1. The first-order chi connectivity index (χ1) is 9.95. The number of nitrogens with one attached hydrogen (secondary N) is 1. The van der Waals surface area contributed by atoms with Crippen LogP contribution < -0.4 is 5.32 Å². The van der Waals surface area contributed by atoms with E-state index in [1.807, 2.05) is 33.3 Å². The van der Waals surface area contributed by atoms with Crippen LogP contribution >= 0.6 is 0 Å². The van der Waals surface area contributed by atoms with Crippen molar-refractivity contribution in [3.05, 3.63) is 29.8 Å². The largest absolute Gasteiger partial charge is 0.318 e. The van der Waals surface area contributed by atoms with Gasteiger partial charge in [-0.15, -0.1) is 0 Å². The first-order valence-corrected chi connectivity index (χ1v) is 8.79. The molecular weight excluding hydrogens is 286 g/mol. The van der Waals surface area contributed by atoms with Gasteiger partial charge in [0.05, 0.1) is 4.90 Å². The molecule has 1 heterocycles. The molecule has 118 valence electrons. The van der Waals surface area contributed by atoms with Gasteiger partial charge in [-0.25, -0.2) is 8.42 Å². The average Bonchev–Trinajstić information content (AvgIpc) is 2.88. The Morgan fingerprint density at radius 3 is 2.52 bits per heavy atom. The lowest BCUT2D eigenvalue weighted by Gasteiger charge is -2.24. The number of hydrogen-bond acceptors (Lipinski definition) is 4. The number of nitrogens with zero attached hydrogens (tertiary/aromatic N) is 2. The van der Waals surface area contributed by atoms with E-state index < -0.39 is 10.0 Å². The van der Waals surface area contributed by atoms with E-state index >= 15 is 0 Å². The van der Waals surface area contributed by atoms with Crippen molar-refractivity contribution in [1.82, 2.24) is 14.5 Å². The molecule has 1 aromatic carbocycles. The third-order valence-electron chi connectivity index (χ3n) is 3.79. The molecule has 1 N–H and O–H groups in total. The molecule has 0 saturated carbocycles. The van der Waals surface area contributed by atoms with Crippen LogP contribution in [0.1, 0.15) is 18.4 Å². The number of hydrogen-bond donors (Lipinski definition) is 1. The monoisotopic (exact) mass is 311 g/mol. The summed E-state index contributed by atoms with van der Waals surface area (Å²) in [5.74, 6) is 0. The highest BCUT2D eigenvalue weighted by Gasteiger charge is 2.34. The maximum atomic E-state index is 12.7. The van der Waals surface area contributed by atoms with Crippen LogP contribution in [0.5, 0.6) is 0 Å². The third-order valence-corrected chi connectivity index (χ3v) is 5.76. The molecule has 0 spiro atoms. The zero-order valence-electron chi connectivity index (χ0n) is 13.0. The highest BCUT2D eigenvalue weighted by Crippen LogP contribution is 2.26. The number of benzene rings is 1. The fraction of sp³-hybridized carbons (Fsp3) is 0.600. The lowest BCUT2D eigenvalue weighted by Crippen LogP contribution is -2.40. The molecule has 0 aliphatic carbocycles. The molecule has 2 rings (SSSR count). The third kappa shape index (κ3) is 3.83. The van der Waals surface area contributed by atoms with Crippen molar-refractivity contribution in [2.45, 2.75) is 30.3 Å². The molecule has 1 aliphatic heterocycles. The summed E-state index contributed by atoms with van der Waals surface area (Å²) in [7, 11) is 2.48. The Balaban J connectivity index is 2.19. The van der Waals surface area contributed by atoms with Gasteiger partial charge >= 0.3 is 0 Å². The molecule has 0 bridgehead atoms. The van der Waals surface area contributed by atoms with Gasteiger partial charge in [0.25, 0.3) is 0 Å². The quantitative estimate of drug-likeness (QED) is 0.855. The summed E-state index contributed by atoms with van der Waals surface area (Å²) in [6.45, 7) is 2.14. The Morgan fingerprint density at radius 2 is 1.95 bits per heavy atom. The lowest BCUT2D eigenvalue weighted by atomic mass is 10.2. The summed E-state index contributed by atoms with van der Waals surface area (Å²) >= 11 is 0. The molecule has 1 aromatic rings. The minimum Gasteiger partial charge on any atom is -0.318 e. The Morgan fingerprint density at radius 1 is 1.29 bits per heavy atom. The lowest BCUT2D eigenvalue weighted by molar-refractivity contribution is 0.379. The van der Waals surface area contributed by atoms with Gasteiger partial charge in [0.1, 0.15) is 0 Å². The van der Waals surface area contributed by atoms with Gasteiger partial charge in [-0.05, 0) is 51.7 Å². The van der Waals surface area contributed by atoms with Crippen LogP contribution in [-0.4, -0.2) is 57.9 Å². The molecule has 1 saturated heterocycles. The van der Waals surface area contributed by atoms with Crippen molar-refractivity contribution < 1.29 is 8.42 Å². The van der Waals surface area contributed by atoms with Crippen LogP contribution in [0.25, 0.3) is 0 Å². The topological polar surface area (TPSA) is 52.7 Å². The predicted octanol–water partition coefficient (Wildman–Crippen LogP) is 1.12. The van der Waals surface area contributed by atoms with Gasteiger partial charge in [0.2, 0.25) is 10.0 Å². The van der Waals surface area contributed by atoms with Crippen LogP contribution in [-0.2, 0) is 16.6 Å². The Labute approximate surface area is 128 Å². The summed E-state index contributed by atoms with van der Waals surface area (Å²) in [5, 5.41) is 3.08. The second-order valence-electron chi connectivity index (χ2n) is 5.85. The van der Waals surface area contributed by atoms with Crippen LogP contribution in [0.4, 0.5) is 0 Å². The highest BCUT2D eigenvalue weighted by molar-refractivity contribution is 7.89. The molecule has 0 amide bonds. The van der Waals surface area contributed by atoms with Gasteiger partial charge in [0.15, 0.2) is 0 Å². The van der Waals surface area contributed by atoms with Crippen LogP contribution in [0, 0.1) is 0 Å². The summed E-state index contributed by atoms with van der Waals surface area (Å²) in [6, 6.07) is 7.32. The molecule has 5 nitrogen and oxygen atoms in total. The first-order valence-electron chi connectivity index (χ1n) is 7.35. The zero-order chi connectivity index (χ0) is 15.5. The minimum atomic E-state index is -3.38. The van der Waals surface area contributed by atoms with Crippen molar-refractivity contribution in [2.24, 2.45) is 0 Å². The van der Waals surface area contributed by atoms with Crippen LogP contribution in [0.2, 0.25) is 0 Å². The molecule has 0 radical (unpaired) electrons. The van der Waals surface area contributed by atoms with E-state index in [0.29, 0.717) is 18.0 Å². The molecule has 21 heavy (non-hydrogen) atoms. The van der Waals surface area contributed by atoms with Crippen LogP contribution in [0.15, 0.2) is 29.2 Å². The number of sulfonamides is 1. The second-order valence-corrected chi connectivity index (χ2v) is 7.74. The Kier molecular flexibility index (Phi) is 5.37. The maximum Gasteiger partial charge on any atom is 0.243 e.